The van der Waals surface area contributed by atoms with E-state index in [4.69, 9.17) is 4.74 Å². The lowest BCUT2D eigenvalue weighted by Crippen LogP contribution is -2.46. The third-order valence-corrected chi connectivity index (χ3v) is 3.83. The van der Waals surface area contributed by atoms with Gasteiger partial charge in [0.2, 0.25) is 0 Å². The molecule has 2 aromatic rings. The summed E-state index contributed by atoms with van der Waals surface area (Å²) in [5, 5.41) is 11.0. The predicted octanol–water partition coefficient (Wildman–Crippen LogP) is 1.39. The maximum absolute atomic E-state index is 12.6. The molecule has 1 amide bonds. The van der Waals surface area contributed by atoms with Crippen LogP contribution in [0, 0.1) is 0 Å². The number of hydrogen-bond acceptors (Lipinski definition) is 3. The van der Waals surface area contributed by atoms with Gasteiger partial charge < -0.3 is 19.7 Å². The summed E-state index contributed by atoms with van der Waals surface area (Å²) in [5.74, 6) is -0.0708. The van der Waals surface area contributed by atoms with Gasteiger partial charge in [-0.3, -0.25) is 4.79 Å². The number of aliphatic hydroxyl groups excluding tert-OH is 1. The molecule has 1 aliphatic heterocycles. The molecule has 0 bridgehead atoms. The third kappa shape index (κ3) is 2.19. The first-order chi connectivity index (χ1) is 9.70. The van der Waals surface area contributed by atoms with Gasteiger partial charge in [0.15, 0.2) is 0 Å². The van der Waals surface area contributed by atoms with E-state index in [0.717, 1.165) is 10.9 Å². The molecule has 1 aromatic heterocycles. The van der Waals surface area contributed by atoms with Gasteiger partial charge >= 0.3 is 0 Å². The molecule has 2 N–H and O–H groups in total. The van der Waals surface area contributed by atoms with Crippen molar-refractivity contribution in [2.75, 3.05) is 19.8 Å². The smallest absolute Gasteiger partial charge is 0.254 e. The van der Waals surface area contributed by atoms with Crippen LogP contribution < -0.4 is 0 Å². The molecular formula is C15H18N2O3. The lowest BCUT2D eigenvalue weighted by Gasteiger charge is -2.28. The zero-order chi connectivity index (χ0) is 14.1. The number of aromatic amines is 1. The highest BCUT2D eigenvalue weighted by Gasteiger charge is 2.34. The molecule has 0 saturated carbocycles. The van der Waals surface area contributed by atoms with E-state index in [-0.39, 0.29) is 11.9 Å². The number of aliphatic hydroxyl groups is 1. The Kier molecular flexibility index (Phi) is 3.46. The number of rotatable bonds is 3. The fraction of sp³-hybridized carbons (Fsp3) is 0.400. The number of nitrogens with zero attached hydrogens (tertiary/aromatic N) is 1. The molecule has 1 fully saturated rings. The molecule has 2 atom stereocenters. The van der Waals surface area contributed by atoms with Gasteiger partial charge in [-0.05, 0) is 30.5 Å². The average Bonchev–Trinajstić information content (AvgIpc) is 3.08. The fourth-order valence-corrected chi connectivity index (χ4v) is 2.70. The predicted molar refractivity (Wildman–Crippen MR) is 75.6 cm³/mol. The minimum atomic E-state index is -0.604. The Morgan fingerprint density at radius 3 is 3.00 bits per heavy atom. The van der Waals surface area contributed by atoms with Crippen LogP contribution in [-0.4, -0.2) is 52.8 Å². The number of fused-ring (bicyclic) bond motifs is 1. The van der Waals surface area contributed by atoms with Gasteiger partial charge in [-0.15, -0.1) is 0 Å². The second kappa shape index (κ2) is 5.26. The van der Waals surface area contributed by atoms with E-state index in [1.54, 1.807) is 4.90 Å². The first-order valence-electron chi connectivity index (χ1n) is 6.84. The minimum Gasteiger partial charge on any atom is -0.388 e. The number of carbonyl (C=O) groups excluding carboxylic acids is 1. The fourth-order valence-electron chi connectivity index (χ4n) is 2.70. The summed E-state index contributed by atoms with van der Waals surface area (Å²) in [5.41, 5.74) is 1.57. The van der Waals surface area contributed by atoms with E-state index in [1.165, 1.54) is 0 Å². The van der Waals surface area contributed by atoms with E-state index in [1.807, 2.05) is 37.4 Å². The Labute approximate surface area is 117 Å². The zero-order valence-corrected chi connectivity index (χ0v) is 11.4. The molecule has 5 heteroatoms. The van der Waals surface area contributed by atoms with Crippen LogP contribution in [0.2, 0.25) is 0 Å². The second-order valence-corrected chi connectivity index (χ2v) is 5.04. The molecule has 5 nitrogen and oxygen atoms in total. The van der Waals surface area contributed by atoms with Crippen molar-refractivity contribution < 1.29 is 14.6 Å². The first-order valence-corrected chi connectivity index (χ1v) is 6.84. The van der Waals surface area contributed by atoms with Gasteiger partial charge in [-0.25, -0.2) is 0 Å². The van der Waals surface area contributed by atoms with Crippen LogP contribution in [-0.2, 0) is 4.74 Å². The number of amides is 1. The van der Waals surface area contributed by atoms with Crippen molar-refractivity contribution in [3.8, 4) is 0 Å². The summed E-state index contributed by atoms with van der Waals surface area (Å²) in [7, 11) is 0. The average molecular weight is 274 g/mol. The molecule has 1 aliphatic rings. The normalized spacial score (nSPS) is 22.3. The van der Waals surface area contributed by atoms with E-state index in [2.05, 4.69) is 4.98 Å². The number of likely N-dealkylation sites (N-methyl/N-ethyl adjacent to an activating group) is 1. The van der Waals surface area contributed by atoms with E-state index in [9.17, 15) is 9.90 Å². The van der Waals surface area contributed by atoms with E-state index in [0.29, 0.717) is 25.3 Å². The van der Waals surface area contributed by atoms with Crippen LogP contribution in [0.25, 0.3) is 10.9 Å². The van der Waals surface area contributed by atoms with Crippen LogP contribution >= 0.6 is 0 Å². The van der Waals surface area contributed by atoms with Gasteiger partial charge in [0, 0.05) is 23.8 Å². The van der Waals surface area contributed by atoms with Gasteiger partial charge in [-0.1, -0.05) is 6.07 Å². The van der Waals surface area contributed by atoms with Crippen LogP contribution in [0.1, 0.15) is 17.3 Å². The molecule has 0 radical (unpaired) electrons. The highest BCUT2D eigenvalue weighted by atomic mass is 16.5. The molecule has 2 heterocycles. The van der Waals surface area contributed by atoms with Crippen LogP contribution in [0.3, 0.4) is 0 Å². The lowest BCUT2D eigenvalue weighted by atomic mass is 10.1. The quantitative estimate of drug-likeness (QED) is 0.889. The Morgan fingerprint density at radius 2 is 2.30 bits per heavy atom. The van der Waals surface area contributed by atoms with E-state index < -0.39 is 6.10 Å². The summed E-state index contributed by atoms with van der Waals surface area (Å²) in [6.07, 6.45) is 1.25. The topological polar surface area (TPSA) is 65.6 Å². The van der Waals surface area contributed by atoms with Crippen molar-refractivity contribution >= 4 is 16.8 Å². The standard InChI is InChI=1S/C15H18N2O3/c1-2-17(13-8-20-9-14(13)18)15(19)11-4-3-10-5-6-16-12(10)7-11/h3-7,13-14,16,18H,2,8-9H2,1H3/t13-,14-/m1/s1. The van der Waals surface area contributed by atoms with Gasteiger partial charge in [0.1, 0.15) is 0 Å². The number of H-pyrrole nitrogens is 1. The number of benzene rings is 1. The minimum absolute atomic E-state index is 0.0708. The summed E-state index contributed by atoms with van der Waals surface area (Å²) in [6.45, 7) is 3.15. The lowest BCUT2D eigenvalue weighted by molar-refractivity contribution is 0.0521. The Hall–Kier alpha value is -1.85. The Morgan fingerprint density at radius 1 is 1.45 bits per heavy atom. The molecule has 0 spiro atoms. The second-order valence-electron chi connectivity index (χ2n) is 5.04. The van der Waals surface area contributed by atoms with Gasteiger partial charge in [-0.2, -0.15) is 0 Å². The largest absolute Gasteiger partial charge is 0.388 e. The number of aromatic nitrogens is 1. The molecule has 106 valence electrons. The van der Waals surface area contributed by atoms with Gasteiger partial charge in [0.05, 0.1) is 25.4 Å². The summed E-state index contributed by atoms with van der Waals surface area (Å²) < 4.78 is 5.25. The SMILES string of the molecule is CCN(C(=O)c1ccc2cc[nH]c2c1)[C@@H]1COC[C@H]1O. The first kappa shape index (κ1) is 13.1. The molecule has 1 saturated heterocycles. The number of nitrogens with one attached hydrogen (secondary N) is 1. The van der Waals surface area contributed by atoms with Crippen molar-refractivity contribution in [3.63, 3.8) is 0 Å². The Bertz CT molecular complexity index is 622. The molecule has 20 heavy (non-hydrogen) atoms. The van der Waals surface area contributed by atoms with Gasteiger partial charge in [0.25, 0.3) is 5.91 Å². The van der Waals surface area contributed by atoms with Crippen molar-refractivity contribution in [3.05, 3.63) is 36.0 Å². The van der Waals surface area contributed by atoms with Crippen molar-refractivity contribution in [1.29, 1.82) is 0 Å². The molecular weight excluding hydrogens is 256 g/mol. The number of carbonyl (C=O) groups is 1. The number of ether oxygens (including phenoxy) is 1. The third-order valence-electron chi connectivity index (χ3n) is 3.83. The van der Waals surface area contributed by atoms with Crippen LogP contribution in [0.4, 0.5) is 0 Å². The summed E-state index contributed by atoms with van der Waals surface area (Å²) in [6, 6.07) is 7.31. The molecule has 1 aromatic carbocycles. The molecule has 0 unspecified atom stereocenters. The Balaban J connectivity index is 1.89. The van der Waals surface area contributed by atoms with Crippen LogP contribution in [0.15, 0.2) is 30.5 Å². The summed E-state index contributed by atoms with van der Waals surface area (Å²) in [4.78, 5) is 17.4. The summed E-state index contributed by atoms with van der Waals surface area (Å²) >= 11 is 0. The monoisotopic (exact) mass is 274 g/mol. The highest BCUT2D eigenvalue weighted by Crippen LogP contribution is 2.19. The van der Waals surface area contributed by atoms with Crippen molar-refractivity contribution in [2.24, 2.45) is 0 Å². The zero-order valence-electron chi connectivity index (χ0n) is 11.4. The highest BCUT2D eigenvalue weighted by molar-refractivity contribution is 5.98. The maximum Gasteiger partial charge on any atom is 0.254 e. The van der Waals surface area contributed by atoms with Crippen molar-refractivity contribution in [2.45, 2.75) is 19.1 Å². The maximum atomic E-state index is 12.6. The van der Waals surface area contributed by atoms with Crippen LogP contribution in [0.5, 0.6) is 0 Å². The van der Waals surface area contributed by atoms with Crippen molar-refractivity contribution in [1.82, 2.24) is 9.88 Å². The molecule has 3 rings (SSSR count). The number of hydrogen-bond donors (Lipinski definition) is 2. The molecule has 0 aliphatic carbocycles. The van der Waals surface area contributed by atoms with E-state index >= 15 is 0 Å².